The van der Waals surface area contributed by atoms with Crippen LogP contribution < -0.4 is 10.6 Å². The lowest BCUT2D eigenvalue weighted by molar-refractivity contribution is -0.139. The molecular formula is C36H50ClN3O2S. The van der Waals surface area contributed by atoms with Crippen LogP contribution in [0.3, 0.4) is 0 Å². The van der Waals surface area contributed by atoms with Crippen molar-refractivity contribution in [3.05, 3.63) is 70.2 Å². The van der Waals surface area contributed by atoms with Gasteiger partial charge in [0.05, 0.1) is 6.04 Å². The van der Waals surface area contributed by atoms with Crippen molar-refractivity contribution in [3.8, 4) is 0 Å². The van der Waals surface area contributed by atoms with E-state index in [1.807, 2.05) is 41.3 Å². The van der Waals surface area contributed by atoms with Gasteiger partial charge in [-0.2, -0.15) is 10.5 Å². The number of piperidine rings is 1. The first kappa shape index (κ1) is 32.2. The maximum atomic E-state index is 14.2. The molecular weight excluding hydrogens is 574 g/mol. The molecule has 5 nitrogen and oxygen atoms in total. The Morgan fingerprint density at radius 2 is 1.67 bits per heavy atom. The smallest absolute Gasteiger partial charge is 0.245 e. The summed E-state index contributed by atoms with van der Waals surface area (Å²) in [6.07, 6.45) is 11.1. The third kappa shape index (κ3) is 8.12. The number of halogens is 1. The van der Waals surface area contributed by atoms with Crippen LogP contribution in [0.5, 0.6) is 0 Å². The van der Waals surface area contributed by atoms with E-state index in [1.165, 1.54) is 55.4 Å². The van der Waals surface area contributed by atoms with Crippen LogP contribution in [0.4, 0.5) is 0 Å². The van der Waals surface area contributed by atoms with E-state index in [0.29, 0.717) is 29.7 Å². The molecule has 5 rings (SSSR count). The van der Waals surface area contributed by atoms with Gasteiger partial charge in [0, 0.05) is 31.1 Å². The average Bonchev–Trinajstić information content (AvgIpc) is 3.32. The van der Waals surface area contributed by atoms with Gasteiger partial charge in [-0.25, -0.2) is 0 Å². The zero-order chi connectivity index (χ0) is 30.4. The Kier molecular flexibility index (Phi) is 11.1. The average molecular weight is 624 g/mol. The molecule has 2 heterocycles. The first-order chi connectivity index (χ1) is 20.7. The fourth-order valence-electron chi connectivity index (χ4n) is 7.46. The number of benzene rings is 2. The van der Waals surface area contributed by atoms with Crippen molar-refractivity contribution in [2.24, 2.45) is 11.3 Å². The van der Waals surface area contributed by atoms with Crippen molar-refractivity contribution in [1.29, 1.82) is 0 Å². The highest BCUT2D eigenvalue weighted by Crippen LogP contribution is 2.49. The molecule has 1 aliphatic carbocycles. The molecule has 1 saturated heterocycles. The Bertz CT molecular complexity index is 1260. The van der Waals surface area contributed by atoms with Crippen LogP contribution in [0.2, 0.25) is 5.02 Å². The van der Waals surface area contributed by atoms with Gasteiger partial charge in [0.15, 0.2) is 0 Å². The number of amides is 2. The summed E-state index contributed by atoms with van der Waals surface area (Å²) < 4.78 is 0. The summed E-state index contributed by atoms with van der Waals surface area (Å²) in [6.45, 7) is 6.78. The van der Waals surface area contributed by atoms with Crippen LogP contribution in [0.1, 0.15) is 81.9 Å². The number of hydrogen-bond donors (Lipinski definition) is 2. The third-order valence-corrected chi connectivity index (χ3v) is 12.8. The van der Waals surface area contributed by atoms with E-state index in [0.717, 1.165) is 37.4 Å². The van der Waals surface area contributed by atoms with Gasteiger partial charge in [0.2, 0.25) is 11.8 Å². The highest BCUT2D eigenvalue weighted by Gasteiger charge is 2.43. The van der Waals surface area contributed by atoms with Crippen LogP contribution in [-0.4, -0.2) is 58.8 Å². The molecule has 2 fully saturated rings. The molecule has 0 bridgehead atoms. The van der Waals surface area contributed by atoms with Crippen LogP contribution in [0, 0.1) is 11.3 Å². The van der Waals surface area contributed by atoms with Crippen molar-refractivity contribution in [3.63, 3.8) is 0 Å². The first-order valence-electron chi connectivity index (χ1n) is 16.4. The lowest BCUT2D eigenvalue weighted by Crippen LogP contribution is -2.57. The number of carbonyl (C=O) groups excluding carboxylic acids is 2. The zero-order valence-corrected chi connectivity index (χ0v) is 27.7. The van der Waals surface area contributed by atoms with E-state index in [4.69, 9.17) is 11.6 Å². The van der Waals surface area contributed by atoms with Gasteiger partial charge >= 0.3 is 0 Å². The molecule has 0 radical (unpaired) electrons. The van der Waals surface area contributed by atoms with E-state index in [-0.39, 0.29) is 33.8 Å². The summed E-state index contributed by atoms with van der Waals surface area (Å²) in [4.78, 5) is 29.9. The Morgan fingerprint density at radius 3 is 2.33 bits per heavy atom. The monoisotopic (exact) mass is 623 g/mol. The van der Waals surface area contributed by atoms with E-state index >= 15 is 0 Å². The summed E-state index contributed by atoms with van der Waals surface area (Å²) >= 11 is 6.16. The predicted molar refractivity (Wildman–Crippen MR) is 182 cm³/mol. The Balaban J connectivity index is 1.31. The molecule has 2 aromatic rings. The van der Waals surface area contributed by atoms with Crippen molar-refractivity contribution in [1.82, 2.24) is 15.5 Å². The van der Waals surface area contributed by atoms with E-state index < -0.39 is 6.04 Å². The summed E-state index contributed by atoms with van der Waals surface area (Å²) in [5, 5.41) is 7.82. The van der Waals surface area contributed by atoms with Crippen molar-refractivity contribution >= 4 is 39.8 Å². The summed E-state index contributed by atoms with van der Waals surface area (Å²) in [5.41, 5.74) is 3.69. The van der Waals surface area contributed by atoms with E-state index in [1.54, 1.807) is 0 Å². The van der Waals surface area contributed by atoms with Gasteiger partial charge in [-0.1, -0.05) is 93.4 Å². The number of carbonyl (C=O) groups is 2. The maximum absolute atomic E-state index is 14.2. The second kappa shape index (κ2) is 14.8. The highest BCUT2D eigenvalue weighted by atomic mass is 35.5. The quantitative estimate of drug-likeness (QED) is 0.239. The number of likely N-dealkylation sites (tertiary alicyclic amines) is 1. The number of fused-ring (bicyclic) bond motifs is 1. The normalized spacial score (nSPS) is 22.3. The standard InChI is InChI=1S/C36H50ClN3O2S/c1-26(2)43(3)25-36(30-12-6-4-5-7-13-30)18-20-40(21-19-36)35(42)33(22-27-14-16-31(37)17-15-27)39-34(41)32-23-28-10-8-9-11-29(28)24-38-32/h8-11,14-17,26,30,32-33,38H,3-7,12-13,18-25H2,1-2H3,(H,39,41)/t32-,33-,43?/m1/s1. The Labute approximate surface area is 266 Å². The van der Waals surface area contributed by atoms with Gasteiger partial charge in [0.1, 0.15) is 6.04 Å². The van der Waals surface area contributed by atoms with E-state index in [2.05, 4.69) is 42.5 Å². The molecule has 2 aromatic carbocycles. The topological polar surface area (TPSA) is 61.4 Å². The lowest BCUT2D eigenvalue weighted by atomic mass is 9.67. The van der Waals surface area contributed by atoms with Gasteiger partial charge in [-0.3, -0.25) is 9.59 Å². The summed E-state index contributed by atoms with van der Waals surface area (Å²) in [7, 11) is 0.120. The third-order valence-electron chi connectivity index (χ3n) is 10.3. The predicted octanol–water partition coefficient (Wildman–Crippen LogP) is 6.77. The molecule has 1 unspecified atom stereocenters. The van der Waals surface area contributed by atoms with Gasteiger partial charge in [0.25, 0.3) is 0 Å². The second-order valence-electron chi connectivity index (χ2n) is 13.4. The van der Waals surface area contributed by atoms with E-state index in [9.17, 15) is 9.59 Å². The van der Waals surface area contributed by atoms with Gasteiger partial charge in [-0.05, 0) is 83.3 Å². The molecule has 7 heteroatoms. The minimum absolute atomic E-state index is 0.0338. The minimum atomic E-state index is -0.615. The van der Waals surface area contributed by atoms with Crippen LogP contribution in [0.25, 0.3) is 0 Å². The highest BCUT2D eigenvalue weighted by molar-refractivity contribution is 8.14. The second-order valence-corrected chi connectivity index (χ2v) is 16.1. The van der Waals surface area contributed by atoms with Crippen molar-refractivity contribution in [2.75, 3.05) is 18.8 Å². The molecule has 2 aliphatic heterocycles. The number of nitrogens with one attached hydrogen (secondary N) is 2. The van der Waals surface area contributed by atoms with Crippen molar-refractivity contribution < 1.29 is 9.59 Å². The Hall–Kier alpha value is -2.15. The molecule has 2 amide bonds. The van der Waals surface area contributed by atoms with Crippen LogP contribution in [0.15, 0.2) is 48.5 Å². The Morgan fingerprint density at radius 1 is 1.02 bits per heavy atom. The molecule has 0 spiro atoms. The van der Waals surface area contributed by atoms with Gasteiger partial charge in [-0.15, -0.1) is 0 Å². The number of nitrogens with zero attached hydrogens (tertiary/aromatic N) is 1. The van der Waals surface area contributed by atoms with Crippen LogP contribution in [-0.2, 0) is 29.0 Å². The minimum Gasteiger partial charge on any atom is -0.343 e. The summed E-state index contributed by atoms with van der Waals surface area (Å²) in [6, 6.07) is 14.9. The molecule has 0 aromatic heterocycles. The number of rotatable bonds is 9. The first-order valence-corrected chi connectivity index (χ1v) is 18.4. The molecule has 1 saturated carbocycles. The molecule has 3 aliphatic rings. The van der Waals surface area contributed by atoms with Gasteiger partial charge < -0.3 is 15.5 Å². The molecule has 2 N–H and O–H groups in total. The fourth-order valence-corrected chi connectivity index (χ4v) is 9.18. The fraction of sp³-hybridized carbons (Fsp3) is 0.583. The number of hydrogen-bond acceptors (Lipinski definition) is 3. The maximum Gasteiger partial charge on any atom is 0.245 e. The van der Waals surface area contributed by atoms with Crippen molar-refractivity contribution in [2.45, 2.75) is 102 Å². The molecule has 43 heavy (non-hydrogen) atoms. The van der Waals surface area contributed by atoms with Crippen LogP contribution >= 0.6 is 22.1 Å². The molecule has 234 valence electrons. The molecule has 3 atom stereocenters. The summed E-state index contributed by atoms with van der Waals surface area (Å²) in [5.74, 6) is 6.44. The largest absolute Gasteiger partial charge is 0.343 e. The lowest BCUT2D eigenvalue weighted by Gasteiger charge is -2.48. The zero-order valence-electron chi connectivity index (χ0n) is 26.1. The SMILES string of the molecule is C=S(CC1(C2CCCCCC2)CCN(C(=O)[C@@H](Cc2ccc(Cl)cc2)NC(=O)[C@H]2Cc3ccccc3CN2)CC1)C(C)C.